The van der Waals surface area contributed by atoms with Crippen LogP contribution in [0.1, 0.15) is 71.3 Å². The molecule has 0 radical (unpaired) electrons. The van der Waals surface area contributed by atoms with Crippen LogP contribution in [0.3, 0.4) is 0 Å². The second-order valence-electron chi connectivity index (χ2n) is 9.27. The summed E-state index contributed by atoms with van der Waals surface area (Å²) < 4.78 is 15.6. The molecule has 0 saturated carbocycles. The molecule has 3 amide bonds. The summed E-state index contributed by atoms with van der Waals surface area (Å²) in [5, 5.41) is 5.55. The number of unbranched alkanes of at least 4 members (excludes halogenated alkanes) is 4. The number of phosphoric ester groups is 1. The van der Waals surface area contributed by atoms with E-state index in [0.29, 0.717) is 30.8 Å². The number of hydrogen-bond donors (Lipinski definition) is 4. The molecular formula is C26H44N3O7PS. The van der Waals surface area contributed by atoms with Gasteiger partial charge in [0, 0.05) is 26.4 Å². The second-order valence-corrected chi connectivity index (χ2v) is 11.4. The summed E-state index contributed by atoms with van der Waals surface area (Å²) in [7, 11) is -4.69. The molecule has 12 heteroatoms. The molecule has 0 heterocycles. The molecule has 216 valence electrons. The largest absolute Gasteiger partial charge is 0.524 e. The summed E-state index contributed by atoms with van der Waals surface area (Å²) in [6, 6.07) is 4.26. The lowest BCUT2D eigenvalue weighted by atomic mass is 10.0. The molecule has 0 fully saturated rings. The Balaban J connectivity index is 3.04. The van der Waals surface area contributed by atoms with Crippen LogP contribution in [0.15, 0.2) is 24.3 Å². The third kappa shape index (κ3) is 14.2. The molecule has 10 nitrogen and oxygen atoms in total. The molecule has 0 saturated heterocycles. The Bertz CT molecular complexity index is 901. The van der Waals surface area contributed by atoms with Gasteiger partial charge in [-0.1, -0.05) is 51.7 Å². The van der Waals surface area contributed by atoms with Gasteiger partial charge in [-0.15, -0.1) is 0 Å². The van der Waals surface area contributed by atoms with E-state index in [1.165, 1.54) is 19.1 Å². The normalized spacial score (nSPS) is 12.9. The number of phosphoric acid groups is 1. The van der Waals surface area contributed by atoms with Crippen molar-refractivity contribution in [3.8, 4) is 5.75 Å². The van der Waals surface area contributed by atoms with Gasteiger partial charge in [-0.05, 0) is 49.0 Å². The lowest BCUT2D eigenvalue weighted by Gasteiger charge is -2.29. The van der Waals surface area contributed by atoms with Gasteiger partial charge in [0.2, 0.25) is 17.7 Å². The topological polar surface area (TPSA) is 145 Å². The van der Waals surface area contributed by atoms with Gasteiger partial charge in [0.15, 0.2) is 0 Å². The van der Waals surface area contributed by atoms with Crippen LogP contribution in [0.25, 0.3) is 0 Å². The Morgan fingerprint density at radius 3 is 2.03 bits per heavy atom. The molecule has 1 aromatic carbocycles. The summed E-state index contributed by atoms with van der Waals surface area (Å²) in [5.41, 5.74) is 0.643. The summed E-state index contributed by atoms with van der Waals surface area (Å²) in [4.78, 5) is 58.6. The molecule has 38 heavy (non-hydrogen) atoms. The standard InChI is InChI=1S/C26H44N3O7PS/c1-5-7-9-16-29(17-10-8-6-2)26(32)23(15-18-38-4)28-25(31)24(27-20(3)30)19-21-11-13-22(14-12-21)36-37(33,34)35/h11-14,23-24H,5-10,15-19H2,1-4H3,(H,27,30)(H,28,31)(H2,33,34,35)/t23-,24-/m0/s1. The third-order valence-corrected chi connectivity index (χ3v) is 6.97. The van der Waals surface area contributed by atoms with Crippen LogP contribution in [0.2, 0.25) is 0 Å². The zero-order chi connectivity index (χ0) is 28.6. The molecular weight excluding hydrogens is 529 g/mol. The van der Waals surface area contributed by atoms with Crippen LogP contribution in [0.5, 0.6) is 5.75 Å². The van der Waals surface area contributed by atoms with Gasteiger partial charge in [0.05, 0.1) is 0 Å². The molecule has 0 bridgehead atoms. The first-order valence-electron chi connectivity index (χ1n) is 13.2. The Morgan fingerprint density at radius 2 is 1.55 bits per heavy atom. The highest BCUT2D eigenvalue weighted by Gasteiger charge is 2.29. The molecule has 0 aliphatic rings. The van der Waals surface area contributed by atoms with Crippen molar-refractivity contribution in [3.63, 3.8) is 0 Å². The molecule has 0 spiro atoms. The van der Waals surface area contributed by atoms with Crippen molar-refractivity contribution in [1.29, 1.82) is 0 Å². The molecule has 0 aliphatic heterocycles. The van der Waals surface area contributed by atoms with E-state index < -0.39 is 25.8 Å². The van der Waals surface area contributed by atoms with Crippen LogP contribution in [0, 0.1) is 0 Å². The van der Waals surface area contributed by atoms with Crippen molar-refractivity contribution in [2.45, 2.75) is 84.2 Å². The van der Waals surface area contributed by atoms with Gasteiger partial charge in [0.1, 0.15) is 17.8 Å². The number of carbonyl (C=O) groups is 3. The summed E-state index contributed by atoms with van der Waals surface area (Å²) in [6.07, 6.45) is 8.53. The van der Waals surface area contributed by atoms with E-state index in [1.807, 2.05) is 11.2 Å². The molecule has 0 aromatic heterocycles. The molecule has 1 aromatic rings. The van der Waals surface area contributed by atoms with Crippen molar-refractivity contribution in [2.24, 2.45) is 0 Å². The monoisotopic (exact) mass is 573 g/mol. The molecule has 0 aliphatic carbocycles. The van der Waals surface area contributed by atoms with Crippen molar-refractivity contribution >= 4 is 37.3 Å². The van der Waals surface area contributed by atoms with E-state index in [2.05, 4.69) is 29.0 Å². The van der Waals surface area contributed by atoms with Crippen molar-refractivity contribution in [1.82, 2.24) is 15.5 Å². The molecule has 0 unspecified atom stereocenters. The minimum Gasteiger partial charge on any atom is -0.404 e. The highest BCUT2D eigenvalue weighted by molar-refractivity contribution is 7.98. The zero-order valence-electron chi connectivity index (χ0n) is 23.0. The van der Waals surface area contributed by atoms with Crippen molar-refractivity contribution in [3.05, 3.63) is 29.8 Å². The maximum absolute atomic E-state index is 13.6. The lowest BCUT2D eigenvalue weighted by molar-refractivity contribution is -0.137. The maximum Gasteiger partial charge on any atom is 0.524 e. The number of thioether (sulfide) groups is 1. The molecule has 1 rings (SSSR count). The highest BCUT2D eigenvalue weighted by atomic mass is 32.2. The third-order valence-electron chi connectivity index (χ3n) is 5.88. The minimum absolute atomic E-state index is 0.0171. The van der Waals surface area contributed by atoms with E-state index in [4.69, 9.17) is 9.79 Å². The smallest absolute Gasteiger partial charge is 0.404 e. The number of amides is 3. The fourth-order valence-electron chi connectivity index (χ4n) is 3.94. The first-order valence-corrected chi connectivity index (χ1v) is 16.1. The predicted molar refractivity (Wildman–Crippen MR) is 151 cm³/mol. The fraction of sp³-hybridized carbons (Fsp3) is 0.654. The predicted octanol–water partition coefficient (Wildman–Crippen LogP) is 3.65. The van der Waals surface area contributed by atoms with Gasteiger partial charge in [-0.3, -0.25) is 24.2 Å². The van der Waals surface area contributed by atoms with Crippen LogP contribution in [0.4, 0.5) is 0 Å². The van der Waals surface area contributed by atoms with E-state index >= 15 is 0 Å². The van der Waals surface area contributed by atoms with Crippen LogP contribution in [-0.4, -0.2) is 69.6 Å². The van der Waals surface area contributed by atoms with Gasteiger partial charge >= 0.3 is 7.82 Å². The number of carbonyl (C=O) groups excluding carboxylic acids is 3. The first kappa shape index (κ1) is 34.0. The Labute approximate surface area is 230 Å². The Hall–Kier alpha value is -2.07. The second kappa shape index (κ2) is 18.3. The van der Waals surface area contributed by atoms with Crippen molar-refractivity contribution < 1.29 is 33.3 Å². The molecule has 2 atom stereocenters. The number of nitrogens with one attached hydrogen (secondary N) is 2. The number of benzene rings is 1. The van der Waals surface area contributed by atoms with E-state index in [-0.39, 0.29) is 24.0 Å². The first-order chi connectivity index (χ1) is 18.0. The van der Waals surface area contributed by atoms with Crippen molar-refractivity contribution in [2.75, 3.05) is 25.1 Å². The van der Waals surface area contributed by atoms with E-state index in [0.717, 1.165) is 38.5 Å². The van der Waals surface area contributed by atoms with Crippen LogP contribution < -0.4 is 15.2 Å². The van der Waals surface area contributed by atoms with Gasteiger partial charge in [-0.2, -0.15) is 11.8 Å². The quantitative estimate of drug-likeness (QED) is 0.145. The minimum atomic E-state index is -4.69. The highest BCUT2D eigenvalue weighted by Crippen LogP contribution is 2.37. The maximum atomic E-state index is 13.6. The van der Waals surface area contributed by atoms with E-state index in [1.54, 1.807) is 23.9 Å². The summed E-state index contributed by atoms with van der Waals surface area (Å²) in [5.74, 6) is -0.270. The van der Waals surface area contributed by atoms with Gasteiger partial charge in [-0.25, -0.2) is 4.57 Å². The zero-order valence-corrected chi connectivity index (χ0v) is 24.7. The van der Waals surface area contributed by atoms with Crippen LogP contribution >= 0.6 is 19.6 Å². The SMILES string of the molecule is CCCCCN(CCCCC)C(=O)[C@H](CCSC)NC(=O)[C@H](Cc1ccc(OP(=O)(O)O)cc1)NC(C)=O. The van der Waals surface area contributed by atoms with Crippen LogP contribution in [-0.2, 0) is 25.4 Å². The fourth-order valence-corrected chi connectivity index (χ4v) is 4.81. The Morgan fingerprint density at radius 1 is 0.974 bits per heavy atom. The number of hydrogen-bond acceptors (Lipinski definition) is 6. The average Bonchev–Trinajstić information content (AvgIpc) is 2.84. The van der Waals surface area contributed by atoms with Gasteiger partial charge < -0.3 is 20.1 Å². The lowest BCUT2D eigenvalue weighted by Crippen LogP contribution is -2.55. The average molecular weight is 574 g/mol. The number of rotatable bonds is 19. The Kier molecular flexibility index (Phi) is 16.3. The van der Waals surface area contributed by atoms with E-state index in [9.17, 15) is 18.9 Å². The summed E-state index contributed by atoms with van der Waals surface area (Å²) >= 11 is 1.60. The summed E-state index contributed by atoms with van der Waals surface area (Å²) in [6.45, 7) is 6.85. The molecule has 4 N–H and O–H groups in total. The number of nitrogens with zero attached hydrogens (tertiary/aromatic N) is 1. The van der Waals surface area contributed by atoms with Gasteiger partial charge in [0.25, 0.3) is 0 Å².